The average Bonchev–Trinajstić information content (AvgIpc) is 2.52. The van der Waals surface area contributed by atoms with Crippen molar-refractivity contribution in [3.05, 3.63) is 12.0 Å². The average molecular weight is 184 g/mol. The summed E-state index contributed by atoms with van der Waals surface area (Å²) in [5, 5.41) is 11.5. The molecule has 1 aromatic rings. The molecule has 0 aromatic carbocycles. The first-order chi connectivity index (χ1) is 6.13. The maximum Gasteiger partial charge on any atom is 0.357 e. The van der Waals surface area contributed by atoms with E-state index in [1.54, 1.807) is 0 Å². The van der Waals surface area contributed by atoms with Gasteiger partial charge in [0.2, 0.25) is 0 Å². The molecule has 0 fully saturated rings. The minimum atomic E-state index is -1.08. The van der Waals surface area contributed by atoms with Crippen LogP contribution in [-0.2, 0) is 0 Å². The molecule has 1 unspecified atom stereocenters. The van der Waals surface area contributed by atoms with Crippen LogP contribution in [0.4, 0.5) is 6.01 Å². The third-order valence-electron chi connectivity index (χ3n) is 1.71. The predicted molar refractivity (Wildman–Crippen MR) is 46.8 cm³/mol. The Morgan fingerprint density at radius 2 is 2.54 bits per heavy atom. The fourth-order valence-electron chi connectivity index (χ4n) is 0.751. The summed E-state index contributed by atoms with van der Waals surface area (Å²) in [6.07, 6.45) is 2.04. The molecular formula is C8H12N2O3. The number of nitrogens with zero attached hydrogens (tertiary/aromatic N) is 1. The van der Waals surface area contributed by atoms with Crippen LogP contribution in [0.5, 0.6) is 0 Å². The zero-order chi connectivity index (χ0) is 9.84. The maximum absolute atomic E-state index is 10.4. The first kappa shape index (κ1) is 9.57. The second-order valence-electron chi connectivity index (χ2n) is 2.80. The Labute approximate surface area is 75.8 Å². The molecule has 1 heterocycles. The van der Waals surface area contributed by atoms with Crippen LogP contribution in [-0.4, -0.2) is 22.1 Å². The molecule has 0 radical (unpaired) electrons. The van der Waals surface area contributed by atoms with E-state index in [0.717, 1.165) is 12.7 Å². The van der Waals surface area contributed by atoms with Crippen LogP contribution in [0.1, 0.15) is 30.8 Å². The van der Waals surface area contributed by atoms with Crippen LogP contribution >= 0.6 is 0 Å². The van der Waals surface area contributed by atoms with Crippen molar-refractivity contribution in [3.63, 3.8) is 0 Å². The van der Waals surface area contributed by atoms with Gasteiger partial charge in [-0.3, -0.25) is 0 Å². The Kier molecular flexibility index (Phi) is 2.89. The molecule has 0 amide bonds. The summed E-state index contributed by atoms with van der Waals surface area (Å²) in [5.41, 5.74) is -0.0780. The molecule has 72 valence electrons. The Bertz CT molecular complexity index is 295. The molecule has 1 atom stereocenters. The molecule has 0 aliphatic heterocycles. The van der Waals surface area contributed by atoms with E-state index < -0.39 is 5.97 Å². The van der Waals surface area contributed by atoms with Crippen molar-refractivity contribution in [1.82, 2.24) is 4.98 Å². The van der Waals surface area contributed by atoms with Gasteiger partial charge in [0.1, 0.15) is 6.26 Å². The highest BCUT2D eigenvalue weighted by Crippen LogP contribution is 2.09. The topological polar surface area (TPSA) is 75.4 Å². The number of carboxylic acid groups (broad SMARTS) is 1. The number of hydrogen-bond donors (Lipinski definition) is 2. The van der Waals surface area contributed by atoms with Crippen molar-refractivity contribution in [3.8, 4) is 0 Å². The van der Waals surface area contributed by atoms with Gasteiger partial charge in [0.25, 0.3) is 6.01 Å². The second kappa shape index (κ2) is 3.93. The lowest BCUT2D eigenvalue weighted by Gasteiger charge is -2.07. The number of rotatable bonds is 4. The fraction of sp³-hybridized carbons (Fsp3) is 0.500. The number of hydrogen-bond acceptors (Lipinski definition) is 4. The molecule has 2 N–H and O–H groups in total. The molecule has 5 heteroatoms. The molecule has 0 aliphatic carbocycles. The van der Waals surface area contributed by atoms with Crippen LogP contribution < -0.4 is 5.32 Å². The van der Waals surface area contributed by atoms with Crippen molar-refractivity contribution in [2.75, 3.05) is 5.32 Å². The lowest BCUT2D eigenvalue weighted by molar-refractivity contribution is 0.0690. The Morgan fingerprint density at radius 1 is 1.85 bits per heavy atom. The molecule has 0 spiro atoms. The third-order valence-corrected chi connectivity index (χ3v) is 1.71. The van der Waals surface area contributed by atoms with Crippen molar-refractivity contribution < 1.29 is 14.3 Å². The third kappa shape index (κ3) is 2.47. The van der Waals surface area contributed by atoms with E-state index in [1.807, 2.05) is 13.8 Å². The highest BCUT2D eigenvalue weighted by molar-refractivity contribution is 5.85. The maximum atomic E-state index is 10.4. The number of oxazole rings is 1. The van der Waals surface area contributed by atoms with E-state index in [0.29, 0.717) is 0 Å². The second-order valence-corrected chi connectivity index (χ2v) is 2.80. The van der Waals surface area contributed by atoms with Gasteiger partial charge < -0.3 is 14.8 Å². The van der Waals surface area contributed by atoms with Crippen LogP contribution in [0.25, 0.3) is 0 Å². The number of carbonyl (C=O) groups is 1. The molecule has 0 bridgehead atoms. The largest absolute Gasteiger partial charge is 0.476 e. The van der Waals surface area contributed by atoms with Gasteiger partial charge in [-0.25, -0.2) is 4.79 Å². The SMILES string of the molecule is CCC(C)Nc1nc(C(=O)O)co1. The van der Waals surface area contributed by atoms with E-state index in [4.69, 9.17) is 9.52 Å². The standard InChI is InChI=1S/C8H12N2O3/c1-3-5(2)9-8-10-6(4-13-8)7(11)12/h4-5H,3H2,1-2H3,(H,9,10)(H,11,12). The summed E-state index contributed by atoms with van der Waals surface area (Å²) < 4.78 is 4.90. The highest BCUT2D eigenvalue weighted by atomic mass is 16.4. The fourth-order valence-corrected chi connectivity index (χ4v) is 0.751. The van der Waals surface area contributed by atoms with Gasteiger partial charge in [0, 0.05) is 6.04 Å². The van der Waals surface area contributed by atoms with Gasteiger partial charge in [-0.1, -0.05) is 6.92 Å². The van der Waals surface area contributed by atoms with E-state index >= 15 is 0 Å². The van der Waals surface area contributed by atoms with Gasteiger partial charge in [0.15, 0.2) is 5.69 Å². The Balaban J connectivity index is 2.64. The van der Waals surface area contributed by atoms with Gasteiger partial charge in [-0.2, -0.15) is 4.98 Å². The van der Waals surface area contributed by atoms with E-state index in [9.17, 15) is 4.79 Å². The van der Waals surface area contributed by atoms with Crippen molar-refractivity contribution >= 4 is 12.0 Å². The quantitative estimate of drug-likeness (QED) is 0.743. The first-order valence-corrected chi connectivity index (χ1v) is 4.08. The number of carboxylic acids is 1. The Morgan fingerprint density at radius 3 is 3.00 bits per heavy atom. The van der Waals surface area contributed by atoms with Crippen molar-refractivity contribution in [1.29, 1.82) is 0 Å². The first-order valence-electron chi connectivity index (χ1n) is 4.08. The zero-order valence-electron chi connectivity index (χ0n) is 7.57. The molecule has 13 heavy (non-hydrogen) atoms. The van der Waals surface area contributed by atoms with Gasteiger partial charge in [0.05, 0.1) is 0 Å². The van der Waals surface area contributed by atoms with Crippen LogP contribution in [0.15, 0.2) is 10.7 Å². The molecule has 0 saturated carbocycles. The van der Waals surface area contributed by atoms with Crippen LogP contribution in [0.3, 0.4) is 0 Å². The molecule has 5 nitrogen and oxygen atoms in total. The molecule has 1 rings (SSSR count). The molecular weight excluding hydrogens is 172 g/mol. The summed E-state index contributed by atoms with van der Waals surface area (Å²) in [6, 6.07) is 0.479. The van der Waals surface area contributed by atoms with Gasteiger partial charge in [-0.05, 0) is 13.3 Å². The van der Waals surface area contributed by atoms with E-state index in [2.05, 4.69) is 10.3 Å². The summed E-state index contributed by atoms with van der Waals surface area (Å²) in [7, 11) is 0. The lowest BCUT2D eigenvalue weighted by atomic mass is 10.3. The lowest BCUT2D eigenvalue weighted by Crippen LogP contribution is -2.13. The number of nitrogens with one attached hydrogen (secondary N) is 1. The van der Waals surface area contributed by atoms with Crippen molar-refractivity contribution in [2.24, 2.45) is 0 Å². The minimum absolute atomic E-state index is 0.0780. The molecule has 0 saturated heterocycles. The van der Waals surface area contributed by atoms with Crippen LogP contribution in [0, 0.1) is 0 Å². The summed E-state index contributed by atoms with van der Waals surface area (Å²) in [4.78, 5) is 14.1. The highest BCUT2D eigenvalue weighted by Gasteiger charge is 2.10. The smallest absolute Gasteiger partial charge is 0.357 e. The minimum Gasteiger partial charge on any atom is -0.476 e. The predicted octanol–water partition coefficient (Wildman–Crippen LogP) is 1.58. The number of aromatic carboxylic acids is 1. The number of aromatic nitrogens is 1. The Hall–Kier alpha value is -1.52. The van der Waals surface area contributed by atoms with E-state index in [-0.39, 0.29) is 17.8 Å². The summed E-state index contributed by atoms with van der Waals surface area (Å²) in [5.74, 6) is -1.08. The van der Waals surface area contributed by atoms with Gasteiger partial charge >= 0.3 is 5.97 Å². The monoisotopic (exact) mass is 184 g/mol. The van der Waals surface area contributed by atoms with Crippen LogP contribution in [0.2, 0.25) is 0 Å². The molecule has 1 aromatic heterocycles. The summed E-state index contributed by atoms with van der Waals surface area (Å²) in [6.45, 7) is 3.98. The summed E-state index contributed by atoms with van der Waals surface area (Å²) >= 11 is 0. The molecule has 0 aliphatic rings. The van der Waals surface area contributed by atoms with Gasteiger partial charge in [-0.15, -0.1) is 0 Å². The normalized spacial score (nSPS) is 12.5. The zero-order valence-corrected chi connectivity index (χ0v) is 7.57. The van der Waals surface area contributed by atoms with Crippen molar-refractivity contribution in [2.45, 2.75) is 26.3 Å². The number of anilines is 1. The van der Waals surface area contributed by atoms with E-state index in [1.165, 1.54) is 0 Å².